The Morgan fingerprint density at radius 1 is 1.14 bits per heavy atom. The van der Waals surface area contributed by atoms with E-state index in [0.717, 1.165) is 17.7 Å². The number of hydrogen-bond acceptors (Lipinski definition) is 5. The lowest BCUT2D eigenvalue weighted by Crippen LogP contribution is -2.34. The minimum Gasteiger partial charge on any atom is -0.451 e. The van der Waals surface area contributed by atoms with E-state index < -0.39 is 10.8 Å². The Kier molecular flexibility index (Phi) is 5.81. The standard InChI is InChI=1S/C20H17N3O4S/c1-2-13-6-3-4-9-16(13)21-20(28)22-19(24)18-11-10-17(27-18)14-7-5-8-15(12-14)23(25)26/h3-12H,2H2,1H3,(H2,21,22,24,28). The van der Waals surface area contributed by atoms with E-state index in [0.29, 0.717) is 11.3 Å². The first-order valence-corrected chi connectivity index (χ1v) is 8.93. The van der Waals surface area contributed by atoms with Crippen LogP contribution in [0.1, 0.15) is 23.0 Å². The summed E-state index contributed by atoms with van der Waals surface area (Å²) in [5, 5.41) is 16.6. The number of nitrogens with one attached hydrogen (secondary N) is 2. The van der Waals surface area contributed by atoms with Crippen molar-refractivity contribution in [1.29, 1.82) is 0 Å². The fraction of sp³-hybridized carbons (Fsp3) is 0.100. The molecule has 28 heavy (non-hydrogen) atoms. The third kappa shape index (κ3) is 4.41. The first kappa shape index (κ1) is 19.2. The summed E-state index contributed by atoms with van der Waals surface area (Å²) < 4.78 is 5.54. The average molecular weight is 395 g/mol. The lowest BCUT2D eigenvalue weighted by molar-refractivity contribution is -0.384. The van der Waals surface area contributed by atoms with Crippen LogP contribution in [0.4, 0.5) is 11.4 Å². The van der Waals surface area contributed by atoms with E-state index in [4.69, 9.17) is 16.6 Å². The summed E-state index contributed by atoms with van der Waals surface area (Å²) in [6.07, 6.45) is 0.824. The molecule has 0 aliphatic carbocycles. The van der Waals surface area contributed by atoms with Crippen molar-refractivity contribution < 1.29 is 14.1 Å². The monoisotopic (exact) mass is 395 g/mol. The van der Waals surface area contributed by atoms with E-state index in [1.165, 1.54) is 18.2 Å². The quantitative estimate of drug-likeness (QED) is 0.374. The summed E-state index contributed by atoms with van der Waals surface area (Å²) in [5.74, 6) is -0.110. The van der Waals surface area contributed by atoms with Gasteiger partial charge in [-0.2, -0.15) is 0 Å². The molecule has 0 spiro atoms. The fourth-order valence-corrected chi connectivity index (χ4v) is 2.86. The van der Waals surface area contributed by atoms with Gasteiger partial charge in [0.1, 0.15) is 5.76 Å². The second kappa shape index (κ2) is 8.45. The van der Waals surface area contributed by atoms with Gasteiger partial charge in [-0.05, 0) is 42.4 Å². The highest BCUT2D eigenvalue weighted by Gasteiger charge is 2.15. The van der Waals surface area contributed by atoms with Gasteiger partial charge in [0, 0.05) is 23.4 Å². The number of aryl methyl sites for hydroxylation is 1. The van der Waals surface area contributed by atoms with Crippen LogP contribution in [-0.4, -0.2) is 15.9 Å². The molecule has 3 aromatic rings. The lowest BCUT2D eigenvalue weighted by Gasteiger charge is -2.11. The number of non-ortho nitro benzene ring substituents is 1. The summed E-state index contributed by atoms with van der Waals surface area (Å²) in [4.78, 5) is 22.8. The van der Waals surface area contributed by atoms with Crippen molar-refractivity contribution in [2.75, 3.05) is 5.32 Å². The Morgan fingerprint density at radius 3 is 2.68 bits per heavy atom. The maximum Gasteiger partial charge on any atom is 0.293 e. The molecule has 2 N–H and O–H groups in total. The van der Waals surface area contributed by atoms with Crippen molar-refractivity contribution in [3.05, 3.63) is 82.1 Å². The molecule has 0 saturated carbocycles. The normalized spacial score (nSPS) is 10.3. The molecule has 1 amide bonds. The van der Waals surface area contributed by atoms with Crippen molar-refractivity contribution in [1.82, 2.24) is 5.32 Å². The number of thiocarbonyl (C=S) groups is 1. The van der Waals surface area contributed by atoms with Crippen molar-refractivity contribution in [2.24, 2.45) is 0 Å². The Bertz CT molecular complexity index is 1050. The van der Waals surface area contributed by atoms with Gasteiger partial charge in [0.2, 0.25) is 0 Å². The topological polar surface area (TPSA) is 97.4 Å². The molecule has 2 aromatic carbocycles. The van der Waals surface area contributed by atoms with E-state index in [1.807, 2.05) is 31.2 Å². The van der Waals surface area contributed by atoms with Crippen molar-refractivity contribution in [2.45, 2.75) is 13.3 Å². The zero-order valence-electron chi connectivity index (χ0n) is 15.0. The zero-order chi connectivity index (χ0) is 20.1. The fourth-order valence-electron chi connectivity index (χ4n) is 2.66. The van der Waals surface area contributed by atoms with Crippen LogP contribution in [0.5, 0.6) is 0 Å². The van der Waals surface area contributed by atoms with E-state index >= 15 is 0 Å². The highest BCUT2D eigenvalue weighted by atomic mass is 32.1. The highest BCUT2D eigenvalue weighted by molar-refractivity contribution is 7.80. The zero-order valence-corrected chi connectivity index (χ0v) is 15.8. The largest absolute Gasteiger partial charge is 0.451 e. The Labute approximate surface area is 166 Å². The molecule has 3 rings (SSSR count). The number of hydrogen-bond donors (Lipinski definition) is 2. The number of nitrogens with zero attached hydrogens (tertiary/aromatic N) is 1. The van der Waals surface area contributed by atoms with Gasteiger partial charge >= 0.3 is 0 Å². The summed E-state index contributed by atoms with van der Waals surface area (Å²) in [6, 6.07) is 16.7. The number of nitro groups is 1. The van der Waals surface area contributed by atoms with Crippen LogP contribution in [0, 0.1) is 10.1 Å². The van der Waals surface area contributed by atoms with Crippen LogP contribution < -0.4 is 10.6 Å². The molecule has 142 valence electrons. The first-order chi connectivity index (χ1) is 13.5. The van der Waals surface area contributed by atoms with Crippen LogP contribution in [0.2, 0.25) is 0 Å². The van der Waals surface area contributed by atoms with Crippen LogP contribution in [0.3, 0.4) is 0 Å². The van der Waals surface area contributed by atoms with Gasteiger partial charge in [-0.25, -0.2) is 0 Å². The predicted molar refractivity (Wildman–Crippen MR) is 110 cm³/mol. The second-order valence-corrected chi connectivity index (χ2v) is 6.30. The number of anilines is 1. The van der Waals surface area contributed by atoms with Gasteiger partial charge in [0.05, 0.1) is 4.92 Å². The Hall–Kier alpha value is -3.52. The van der Waals surface area contributed by atoms with Gasteiger partial charge in [-0.1, -0.05) is 37.3 Å². The molecule has 0 bridgehead atoms. The molecule has 7 nitrogen and oxygen atoms in total. The SMILES string of the molecule is CCc1ccccc1NC(=S)NC(=O)c1ccc(-c2cccc([N+](=O)[O-])c2)o1. The number of carbonyl (C=O) groups is 1. The van der Waals surface area contributed by atoms with E-state index in [1.54, 1.807) is 18.2 Å². The molecule has 1 aromatic heterocycles. The van der Waals surface area contributed by atoms with E-state index in [-0.39, 0.29) is 16.6 Å². The van der Waals surface area contributed by atoms with Gasteiger partial charge in [0.15, 0.2) is 10.9 Å². The summed E-state index contributed by atoms with van der Waals surface area (Å²) in [5.41, 5.74) is 2.35. The molecule has 0 atom stereocenters. The number of carbonyl (C=O) groups excluding carboxylic acids is 1. The number of furan rings is 1. The second-order valence-electron chi connectivity index (χ2n) is 5.89. The predicted octanol–water partition coefficient (Wildman–Crippen LogP) is 4.54. The number of amides is 1. The molecule has 0 aliphatic heterocycles. The Balaban J connectivity index is 1.69. The summed E-state index contributed by atoms with van der Waals surface area (Å²) in [7, 11) is 0. The number of nitro benzene ring substituents is 1. The molecule has 0 fully saturated rings. The molecule has 0 aliphatic rings. The first-order valence-electron chi connectivity index (χ1n) is 8.53. The lowest BCUT2D eigenvalue weighted by atomic mass is 10.1. The van der Waals surface area contributed by atoms with Crippen molar-refractivity contribution in [3.63, 3.8) is 0 Å². The van der Waals surface area contributed by atoms with Crippen molar-refractivity contribution in [3.8, 4) is 11.3 Å². The molecule has 0 saturated heterocycles. The van der Waals surface area contributed by atoms with Gasteiger partial charge in [-0.15, -0.1) is 0 Å². The third-order valence-electron chi connectivity index (χ3n) is 4.04. The smallest absolute Gasteiger partial charge is 0.293 e. The Morgan fingerprint density at radius 2 is 1.93 bits per heavy atom. The summed E-state index contributed by atoms with van der Waals surface area (Å²) >= 11 is 5.21. The van der Waals surface area contributed by atoms with Crippen LogP contribution >= 0.6 is 12.2 Å². The maximum absolute atomic E-state index is 12.4. The average Bonchev–Trinajstić information content (AvgIpc) is 3.19. The minimum atomic E-state index is -0.511. The molecular weight excluding hydrogens is 378 g/mol. The number of para-hydroxylation sites is 1. The van der Waals surface area contributed by atoms with Crippen LogP contribution in [-0.2, 0) is 6.42 Å². The molecule has 0 radical (unpaired) electrons. The molecule has 8 heteroatoms. The number of benzene rings is 2. The maximum atomic E-state index is 12.4. The summed E-state index contributed by atoms with van der Waals surface area (Å²) in [6.45, 7) is 2.03. The molecule has 1 heterocycles. The molecular formula is C20H17N3O4S. The van der Waals surface area contributed by atoms with Crippen molar-refractivity contribution >= 4 is 34.6 Å². The van der Waals surface area contributed by atoms with E-state index in [9.17, 15) is 14.9 Å². The highest BCUT2D eigenvalue weighted by Crippen LogP contribution is 2.25. The number of rotatable bonds is 5. The minimum absolute atomic E-state index is 0.0504. The molecule has 0 unspecified atom stereocenters. The van der Waals surface area contributed by atoms with Crippen LogP contribution in [0.15, 0.2) is 65.1 Å². The third-order valence-corrected chi connectivity index (χ3v) is 4.25. The van der Waals surface area contributed by atoms with E-state index in [2.05, 4.69) is 10.6 Å². The van der Waals surface area contributed by atoms with Gasteiger partial charge in [0.25, 0.3) is 11.6 Å². The van der Waals surface area contributed by atoms with Gasteiger partial charge in [-0.3, -0.25) is 20.2 Å². The van der Waals surface area contributed by atoms with Gasteiger partial charge < -0.3 is 9.73 Å². The van der Waals surface area contributed by atoms with Crippen LogP contribution in [0.25, 0.3) is 11.3 Å².